The third-order valence-electron chi connectivity index (χ3n) is 1.24. The molecule has 0 atom stereocenters. The molecule has 13 heavy (non-hydrogen) atoms. The average Bonchev–Trinajstić information content (AvgIpc) is 1.94. The van der Waals surface area contributed by atoms with Crippen LogP contribution < -0.4 is 0 Å². The van der Waals surface area contributed by atoms with Gasteiger partial charge in [-0.15, -0.1) is 0 Å². The predicted molar refractivity (Wildman–Crippen MR) is 59.9 cm³/mol. The molecule has 1 rings (SSSR count). The summed E-state index contributed by atoms with van der Waals surface area (Å²) in [5.74, 6) is -0.608. The molecule has 72 valence electrons. The second-order valence-electron chi connectivity index (χ2n) is 2.13. The Labute approximate surface area is 101 Å². The molecule has 0 radical (unpaired) electrons. The van der Waals surface area contributed by atoms with Crippen LogP contribution in [0.4, 0.5) is 4.39 Å². The number of halogens is 4. The summed E-state index contributed by atoms with van der Waals surface area (Å²) in [5, 5.41) is 0. The van der Waals surface area contributed by atoms with Crippen LogP contribution in [0, 0.1) is 9.39 Å². The lowest BCUT2D eigenvalue weighted by atomic mass is 10.3. The van der Waals surface area contributed by atoms with E-state index < -0.39 is 14.9 Å². The molecule has 0 fully saturated rings. The van der Waals surface area contributed by atoms with Crippen molar-refractivity contribution in [1.82, 2.24) is 0 Å². The van der Waals surface area contributed by atoms with Crippen molar-refractivity contribution in [3.63, 3.8) is 0 Å². The first-order valence-corrected chi connectivity index (χ1v) is 7.09. The number of benzene rings is 1. The zero-order valence-electron chi connectivity index (χ0n) is 5.89. The molecule has 0 aliphatic carbocycles. The number of hydrogen-bond acceptors (Lipinski definition) is 2. The summed E-state index contributed by atoms with van der Waals surface area (Å²) in [6.07, 6.45) is 0. The van der Waals surface area contributed by atoms with Crippen molar-refractivity contribution in [2.24, 2.45) is 0 Å². The van der Waals surface area contributed by atoms with Crippen LogP contribution in [0.3, 0.4) is 0 Å². The van der Waals surface area contributed by atoms with Gasteiger partial charge in [0.05, 0.1) is 4.90 Å². The molecule has 0 saturated carbocycles. The Balaban J connectivity index is 3.50. The maximum atomic E-state index is 12.9. The Morgan fingerprint density at radius 1 is 1.46 bits per heavy atom. The minimum Gasteiger partial charge on any atom is -0.207 e. The smallest absolute Gasteiger partial charge is 0.207 e. The minimum atomic E-state index is -3.89. The van der Waals surface area contributed by atoms with Gasteiger partial charge in [-0.3, -0.25) is 0 Å². The van der Waals surface area contributed by atoms with Crippen molar-refractivity contribution in [2.75, 3.05) is 0 Å². The van der Waals surface area contributed by atoms with Crippen LogP contribution in [0.5, 0.6) is 0 Å². The fourth-order valence-corrected chi connectivity index (χ4v) is 3.77. The van der Waals surface area contributed by atoms with Crippen LogP contribution in [0.2, 0.25) is 0 Å². The highest BCUT2D eigenvalue weighted by atomic mass is 127. The van der Waals surface area contributed by atoms with Crippen molar-refractivity contribution in [3.8, 4) is 0 Å². The highest BCUT2D eigenvalue weighted by Crippen LogP contribution is 2.28. The van der Waals surface area contributed by atoms with Gasteiger partial charge in [0.15, 0.2) is 0 Å². The van der Waals surface area contributed by atoms with Crippen LogP contribution in [-0.4, -0.2) is 8.42 Å². The van der Waals surface area contributed by atoms with E-state index in [1.807, 2.05) is 0 Å². The Hall–Kier alpha value is 0.600. The highest BCUT2D eigenvalue weighted by Gasteiger charge is 2.16. The fourth-order valence-electron chi connectivity index (χ4n) is 0.691. The van der Waals surface area contributed by atoms with Gasteiger partial charge >= 0.3 is 0 Å². The third kappa shape index (κ3) is 2.77. The first kappa shape index (κ1) is 11.7. The second kappa shape index (κ2) is 4.00. The maximum absolute atomic E-state index is 12.9. The quantitative estimate of drug-likeness (QED) is 0.413. The maximum Gasteiger partial charge on any atom is 0.262 e. The Kier molecular flexibility index (Phi) is 3.59. The Morgan fingerprint density at radius 2 is 2.00 bits per heavy atom. The molecule has 0 aromatic heterocycles. The van der Waals surface area contributed by atoms with Crippen molar-refractivity contribution in [1.29, 1.82) is 0 Å². The average molecular weight is 399 g/mol. The molecule has 0 saturated heterocycles. The molecule has 0 aliphatic rings. The van der Waals surface area contributed by atoms with Gasteiger partial charge < -0.3 is 0 Å². The molecule has 1 aromatic rings. The fraction of sp³-hybridized carbons (Fsp3) is 0. The van der Waals surface area contributed by atoms with Gasteiger partial charge in [0.2, 0.25) is 0 Å². The molecule has 0 amide bonds. The van der Waals surface area contributed by atoms with Crippen LogP contribution >= 0.6 is 49.2 Å². The van der Waals surface area contributed by atoms with E-state index in [2.05, 4.69) is 15.9 Å². The van der Waals surface area contributed by atoms with E-state index in [0.29, 0.717) is 3.57 Å². The SMILES string of the molecule is O=S(=O)(Cl)c1cc(F)c(I)cc1Br. The van der Waals surface area contributed by atoms with Gasteiger partial charge in [-0.05, 0) is 50.7 Å². The Morgan fingerprint density at radius 3 is 2.46 bits per heavy atom. The topological polar surface area (TPSA) is 34.1 Å². The second-order valence-corrected chi connectivity index (χ2v) is 6.69. The van der Waals surface area contributed by atoms with Gasteiger partial charge in [0.1, 0.15) is 5.82 Å². The van der Waals surface area contributed by atoms with E-state index in [-0.39, 0.29) is 9.37 Å². The molecule has 7 heteroatoms. The zero-order valence-corrected chi connectivity index (χ0v) is 11.2. The summed E-state index contributed by atoms with van der Waals surface area (Å²) in [6.45, 7) is 0. The van der Waals surface area contributed by atoms with E-state index in [1.165, 1.54) is 6.07 Å². The molecular weight excluding hydrogens is 397 g/mol. The molecular formula is C6H2BrClFIO2S. The standard InChI is InChI=1S/C6H2BrClFIO2S/c7-3-1-5(10)4(9)2-6(3)13(8,11)12/h1-2H. The third-order valence-corrected chi connectivity index (χ3v) is 4.34. The lowest BCUT2D eigenvalue weighted by Crippen LogP contribution is -1.95. The Bertz CT molecular complexity index is 448. The first-order valence-electron chi connectivity index (χ1n) is 2.91. The summed E-state index contributed by atoms with van der Waals surface area (Å²) in [7, 11) is 1.17. The zero-order chi connectivity index (χ0) is 10.2. The van der Waals surface area contributed by atoms with Gasteiger partial charge in [-0.2, -0.15) is 0 Å². The van der Waals surface area contributed by atoms with E-state index in [9.17, 15) is 12.8 Å². The summed E-state index contributed by atoms with van der Waals surface area (Å²) >= 11 is 4.73. The molecule has 2 nitrogen and oxygen atoms in total. The minimum absolute atomic E-state index is 0.257. The normalized spacial score (nSPS) is 11.7. The highest BCUT2D eigenvalue weighted by molar-refractivity contribution is 14.1. The van der Waals surface area contributed by atoms with Gasteiger partial charge in [-0.25, -0.2) is 12.8 Å². The van der Waals surface area contributed by atoms with Gasteiger partial charge in [-0.1, -0.05) is 0 Å². The monoisotopic (exact) mass is 398 g/mol. The lowest BCUT2D eigenvalue weighted by molar-refractivity contribution is 0.599. The predicted octanol–water partition coefficient (Wildman–Crippen LogP) is 3.12. The number of hydrogen-bond donors (Lipinski definition) is 0. The first-order chi connectivity index (χ1) is 5.82. The van der Waals surface area contributed by atoms with Gasteiger partial charge in [0, 0.05) is 18.7 Å². The molecule has 0 bridgehead atoms. The summed E-state index contributed by atoms with van der Waals surface area (Å²) in [5.41, 5.74) is 0. The van der Waals surface area contributed by atoms with Crippen molar-refractivity contribution in [3.05, 3.63) is 26.0 Å². The molecule has 0 heterocycles. The summed E-state index contributed by atoms with van der Waals surface area (Å²) in [6, 6.07) is 2.24. The van der Waals surface area contributed by atoms with Crippen LogP contribution in [0.1, 0.15) is 0 Å². The number of rotatable bonds is 1. The molecule has 1 aromatic carbocycles. The van der Waals surface area contributed by atoms with E-state index in [1.54, 1.807) is 22.6 Å². The van der Waals surface area contributed by atoms with E-state index in [0.717, 1.165) is 6.07 Å². The van der Waals surface area contributed by atoms with E-state index >= 15 is 0 Å². The van der Waals surface area contributed by atoms with Crippen molar-refractivity contribution in [2.45, 2.75) is 4.90 Å². The van der Waals surface area contributed by atoms with Gasteiger partial charge in [0.25, 0.3) is 9.05 Å². The molecule has 0 N–H and O–H groups in total. The van der Waals surface area contributed by atoms with Crippen LogP contribution in [0.15, 0.2) is 21.5 Å². The summed E-state index contributed by atoms with van der Waals surface area (Å²) in [4.78, 5) is -0.257. The molecule has 0 spiro atoms. The lowest BCUT2D eigenvalue weighted by Gasteiger charge is -2.01. The van der Waals surface area contributed by atoms with Crippen LogP contribution in [-0.2, 0) is 9.05 Å². The summed E-state index contributed by atoms with van der Waals surface area (Å²) < 4.78 is 35.3. The van der Waals surface area contributed by atoms with Crippen LogP contribution in [0.25, 0.3) is 0 Å². The van der Waals surface area contributed by atoms with Crippen molar-refractivity contribution < 1.29 is 12.8 Å². The largest absolute Gasteiger partial charge is 0.262 e. The molecule has 0 unspecified atom stereocenters. The molecule has 0 aliphatic heterocycles. The van der Waals surface area contributed by atoms with E-state index in [4.69, 9.17) is 10.7 Å². The van der Waals surface area contributed by atoms with Crippen molar-refractivity contribution >= 4 is 58.3 Å².